The molecule has 2 aliphatic rings. The van der Waals surface area contributed by atoms with Crippen LogP contribution in [0.1, 0.15) is 37.7 Å². The molecule has 1 heterocycles. The molecule has 4 unspecified atom stereocenters. The second-order valence-corrected chi connectivity index (χ2v) is 5.56. The number of nitrogens with one attached hydrogen (secondary N) is 1. The fraction of sp³-hybridized carbons (Fsp3) is 0.600. The molecule has 1 saturated heterocycles. The molecule has 1 aromatic rings. The number of benzene rings is 1. The lowest BCUT2D eigenvalue weighted by molar-refractivity contribution is 0.283. The van der Waals surface area contributed by atoms with E-state index in [1.54, 1.807) is 5.56 Å². The quantitative estimate of drug-likeness (QED) is 0.799. The van der Waals surface area contributed by atoms with E-state index in [-0.39, 0.29) is 0 Å². The van der Waals surface area contributed by atoms with E-state index in [9.17, 15) is 0 Å². The first-order chi connectivity index (χ1) is 7.84. The lowest BCUT2D eigenvalue weighted by atomic mass is 9.87. The topological polar surface area (TPSA) is 12.0 Å². The molecule has 0 amide bonds. The monoisotopic (exact) mass is 215 g/mol. The third-order valence-corrected chi connectivity index (χ3v) is 4.34. The van der Waals surface area contributed by atoms with E-state index >= 15 is 0 Å². The molecular formula is C15H21N. The van der Waals surface area contributed by atoms with Crippen molar-refractivity contribution >= 4 is 0 Å². The van der Waals surface area contributed by atoms with Gasteiger partial charge in [0.25, 0.3) is 0 Å². The Morgan fingerprint density at radius 1 is 1.12 bits per heavy atom. The van der Waals surface area contributed by atoms with Crippen LogP contribution in [0.25, 0.3) is 0 Å². The van der Waals surface area contributed by atoms with Gasteiger partial charge in [0, 0.05) is 6.04 Å². The number of hydrogen-bond acceptors (Lipinski definition) is 1. The number of piperidine rings is 1. The first-order valence-electron chi connectivity index (χ1n) is 6.63. The molecule has 0 bridgehead atoms. The van der Waals surface area contributed by atoms with Gasteiger partial charge >= 0.3 is 0 Å². The molecule has 16 heavy (non-hydrogen) atoms. The molecule has 1 nitrogen and oxygen atoms in total. The SMILES string of the molecule is CC1CC(C2CC2c2ccccc2)CCN1. The zero-order valence-corrected chi connectivity index (χ0v) is 10.0. The lowest BCUT2D eigenvalue weighted by Crippen LogP contribution is -2.36. The maximum atomic E-state index is 3.55. The lowest BCUT2D eigenvalue weighted by Gasteiger charge is -2.28. The van der Waals surface area contributed by atoms with Crippen molar-refractivity contribution in [2.75, 3.05) is 6.54 Å². The van der Waals surface area contributed by atoms with Crippen LogP contribution in [-0.4, -0.2) is 12.6 Å². The highest BCUT2D eigenvalue weighted by Crippen LogP contribution is 2.54. The first-order valence-corrected chi connectivity index (χ1v) is 6.63. The maximum Gasteiger partial charge on any atom is 0.00414 e. The second-order valence-electron chi connectivity index (χ2n) is 5.56. The van der Waals surface area contributed by atoms with Gasteiger partial charge in [0.1, 0.15) is 0 Å². The van der Waals surface area contributed by atoms with Gasteiger partial charge in [-0.2, -0.15) is 0 Å². The smallest absolute Gasteiger partial charge is 0.00414 e. The summed E-state index contributed by atoms with van der Waals surface area (Å²) in [6.07, 6.45) is 4.20. The Labute approximate surface area is 98.3 Å². The third kappa shape index (κ3) is 2.01. The molecule has 3 rings (SSSR count). The fourth-order valence-electron chi connectivity index (χ4n) is 3.38. The molecular weight excluding hydrogens is 194 g/mol. The average molecular weight is 215 g/mol. The standard InChI is InChI=1S/C15H21N/c1-11-9-13(7-8-16-11)15-10-14(15)12-5-3-2-4-6-12/h2-6,11,13-16H,7-10H2,1H3. The van der Waals surface area contributed by atoms with Crippen LogP contribution in [0.3, 0.4) is 0 Å². The van der Waals surface area contributed by atoms with Crippen molar-refractivity contribution in [1.82, 2.24) is 5.32 Å². The summed E-state index contributed by atoms with van der Waals surface area (Å²) in [5.41, 5.74) is 1.57. The summed E-state index contributed by atoms with van der Waals surface area (Å²) in [5.74, 6) is 2.82. The second kappa shape index (κ2) is 4.21. The van der Waals surface area contributed by atoms with Crippen LogP contribution >= 0.6 is 0 Å². The minimum absolute atomic E-state index is 0.732. The average Bonchev–Trinajstić information content (AvgIpc) is 3.10. The van der Waals surface area contributed by atoms with E-state index in [1.807, 2.05) is 0 Å². The summed E-state index contributed by atoms with van der Waals surface area (Å²) in [6.45, 7) is 3.55. The summed E-state index contributed by atoms with van der Waals surface area (Å²) in [7, 11) is 0. The normalized spacial score (nSPS) is 38.3. The third-order valence-electron chi connectivity index (χ3n) is 4.34. The Morgan fingerprint density at radius 3 is 2.69 bits per heavy atom. The highest BCUT2D eigenvalue weighted by molar-refractivity contribution is 5.26. The van der Waals surface area contributed by atoms with Crippen LogP contribution < -0.4 is 5.32 Å². The van der Waals surface area contributed by atoms with Crippen LogP contribution in [0.2, 0.25) is 0 Å². The van der Waals surface area contributed by atoms with Crippen molar-refractivity contribution in [3.8, 4) is 0 Å². The molecule has 1 heteroatoms. The minimum Gasteiger partial charge on any atom is -0.314 e. The van der Waals surface area contributed by atoms with Gasteiger partial charge < -0.3 is 5.32 Å². The molecule has 1 aliphatic carbocycles. The van der Waals surface area contributed by atoms with Crippen molar-refractivity contribution in [3.63, 3.8) is 0 Å². The first kappa shape index (κ1) is 10.3. The van der Waals surface area contributed by atoms with Crippen molar-refractivity contribution < 1.29 is 0 Å². The van der Waals surface area contributed by atoms with Crippen LogP contribution in [0.4, 0.5) is 0 Å². The highest BCUT2D eigenvalue weighted by atomic mass is 14.9. The Kier molecular flexibility index (Phi) is 2.72. The van der Waals surface area contributed by atoms with Gasteiger partial charge in [0.15, 0.2) is 0 Å². The molecule has 1 aliphatic heterocycles. The fourth-order valence-corrected chi connectivity index (χ4v) is 3.38. The van der Waals surface area contributed by atoms with E-state index in [2.05, 4.69) is 42.6 Å². The van der Waals surface area contributed by atoms with Gasteiger partial charge in [-0.1, -0.05) is 30.3 Å². The zero-order chi connectivity index (χ0) is 11.0. The zero-order valence-electron chi connectivity index (χ0n) is 10.0. The van der Waals surface area contributed by atoms with Crippen molar-refractivity contribution in [2.45, 2.75) is 38.1 Å². The summed E-state index contributed by atoms with van der Waals surface area (Å²) in [5, 5.41) is 3.55. The molecule has 0 radical (unpaired) electrons. The minimum atomic E-state index is 0.732. The van der Waals surface area contributed by atoms with E-state index in [0.717, 1.165) is 23.8 Å². The Morgan fingerprint density at radius 2 is 1.94 bits per heavy atom. The highest BCUT2D eigenvalue weighted by Gasteiger charge is 2.44. The predicted octanol–water partition coefficient (Wildman–Crippen LogP) is 3.18. The van der Waals surface area contributed by atoms with E-state index in [0.29, 0.717) is 0 Å². The molecule has 0 spiro atoms. The van der Waals surface area contributed by atoms with E-state index in [1.165, 1.54) is 25.8 Å². The molecule has 1 saturated carbocycles. The van der Waals surface area contributed by atoms with Gasteiger partial charge in [0.05, 0.1) is 0 Å². The summed E-state index contributed by atoms with van der Waals surface area (Å²) in [6, 6.07) is 11.8. The molecule has 0 aromatic heterocycles. The van der Waals surface area contributed by atoms with Crippen molar-refractivity contribution in [1.29, 1.82) is 0 Å². The largest absolute Gasteiger partial charge is 0.314 e. The molecule has 1 aromatic carbocycles. The summed E-state index contributed by atoms with van der Waals surface area (Å²) < 4.78 is 0. The van der Waals surface area contributed by atoms with Crippen LogP contribution in [0, 0.1) is 11.8 Å². The van der Waals surface area contributed by atoms with E-state index < -0.39 is 0 Å². The van der Waals surface area contributed by atoms with Crippen molar-refractivity contribution in [2.24, 2.45) is 11.8 Å². The predicted molar refractivity (Wildman–Crippen MR) is 67.5 cm³/mol. The van der Waals surface area contributed by atoms with Gasteiger partial charge in [-0.05, 0) is 56.0 Å². The molecule has 86 valence electrons. The Bertz CT molecular complexity index is 346. The Hall–Kier alpha value is -0.820. The van der Waals surface area contributed by atoms with Crippen LogP contribution in [0.15, 0.2) is 30.3 Å². The number of hydrogen-bond donors (Lipinski definition) is 1. The van der Waals surface area contributed by atoms with Crippen molar-refractivity contribution in [3.05, 3.63) is 35.9 Å². The summed E-state index contributed by atoms with van der Waals surface area (Å²) >= 11 is 0. The van der Waals surface area contributed by atoms with Gasteiger partial charge in [-0.15, -0.1) is 0 Å². The van der Waals surface area contributed by atoms with Crippen LogP contribution in [-0.2, 0) is 0 Å². The van der Waals surface area contributed by atoms with Gasteiger partial charge in [0.2, 0.25) is 0 Å². The Balaban J connectivity index is 1.63. The van der Waals surface area contributed by atoms with E-state index in [4.69, 9.17) is 0 Å². The molecule has 2 fully saturated rings. The van der Waals surface area contributed by atoms with Gasteiger partial charge in [-0.3, -0.25) is 0 Å². The maximum absolute atomic E-state index is 3.55. The van der Waals surface area contributed by atoms with Gasteiger partial charge in [-0.25, -0.2) is 0 Å². The summed E-state index contributed by atoms with van der Waals surface area (Å²) in [4.78, 5) is 0. The molecule has 4 atom stereocenters. The number of rotatable bonds is 2. The molecule has 1 N–H and O–H groups in total. The van der Waals surface area contributed by atoms with Crippen LogP contribution in [0.5, 0.6) is 0 Å².